The van der Waals surface area contributed by atoms with E-state index in [2.05, 4.69) is 76.7 Å². The van der Waals surface area contributed by atoms with Gasteiger partial charge in [0.15, 0.2) is 0 Å². The Balaban J connectivity index is 0.00000100. The van der Waals surface area contributed by atoms with Crippen molar-refractivity contribution < 1.29 is 28.7 Å². The standard InChI is InChI=1S/C15H22BN6.C2H2.2CO.Mo/c1-10-7-13(4)20(17-10)16(21-14(5)8-11(2)18-21)22-15(6)9-12(3)19-22;3*1-2;/h7-9,16H,1-6H3;1H2;;;/q-1;;;;. The number of hydrogen-bond donors (Lipinski definition) is 0. The SMILES string of the molecule is C=[C]=[Mo].Cc1cc(C)n([BH-](n2nc(C)cc2C)n2nc(C)cc2C)n1.[C-]#[O+].[C-]#[O+]. The molecule has 0 aliphatic heterocycles. The molecule has 0 fully saturated rings. The van der Waals surface area contributed by atoms with Crippen LogP contribution in [-0.4, -0.2) is 40.2 Å². The van der Waals surface area contributed by atoms with Crippen molar-refractivity contribution in [2.24, 2.45) is 0 Å². The van der Waals surface area contributed by atoms with Crippen LogP contribution >= 0.6 is 0 Å². The summed E-state index contributed by atoms with van der Waals surface area (Å²) in [6.45, 7) is 24.5. The summed E-state index contributed by atoms with van der Waals surface area (Å²) in [4.78, 5) is 0. The van der Waals surface area contributed by atoms with Gasteiger partial charge in [-0.15, -0.1) is 0 Å². The molecule has 0 aromatic carbocycles. The van der Waals surface area contributed by atoms with Crippen LogP contribution in [0, 0.1) is 54.8 Å². The predicted molar refractivity (Wildman–Crippen MR) is 107 cm³/mol. The van der Waals surface area contributed by atoms with Gasteiger partial charge in [-0.05, 0) is 76.8 Å². The Morgan fingerprint density at radius 1 is 0.759 bits per heavy atom. The molecule has 152 valence electrons. The van der Waals surface area contributed by atoms with Crippen LogP contribution < -0.4 is 0 Å². The molecule has 3 rings (SSSR count). The van der Waals surface area contributed by atoms with Crippen molar-refractivity contribution in [1.82, 2.24) is 29.1 Å². The first-order chi connectivity index (χ1) is 13.8. The van der Waals surface area contributed by atoms with Gasteiger partial charge in [-0.1, -0.05) is 0 Å². The Morgan fingerprint density at radius 3 is 1.10 bits per heavy atom. The molecule has 0 bridgehead atoms. The fourth-order valence-electron chi connectivity index (χ4n) is 3.26. The van der Waals surface area contributed by atoms with E-state index in [0.29, 0.717) is 0 Å². The summed E-state index contributed by atoms with van der Waals surface area (Å²) < 4.78 is 23.7. The van der Waals surface area contributed by atoms with Gasteiger partial charge >= 0.3 is 59.7 Å². The molecule has 0 saturated carbocycles. The summed E-state index contributed by atoms with van der Waals surface area (Å²) in [5.74, 6) is 0. The van der Waals surface area contributed by atoms with E-state index in [9.17, 15) is 0 Å². The zero-order valence-electron chi connectivity index (χ0n) is 17.6. The van der Waals surface area contributed by atoms with Crippen LogP contribution in [0.5, 0.6) is 0 Å². The third-order valence-corrected chi connectivity index (χ3v) is 4.11. The van der Waals surface area contributed by atoms with E-state index < -0.39 is 7.12 Å². The molecule has 8 nitrogen and oxygen atoms in total. The van der Waals surface area contributed by atoms with Crippen molar-refractivity contribution in [2.75, 3.05) is 0 Å². The molecule has 0 atom stereocenters. The van der Waals surface area contributed by atoms with Crippen LogP contribution in [0.15, 0.2) is 24.8 Å². The van der Waals surface area contributed by atoms with Crippen molar-refractivity contribution in [3.63, 3.8) is 0 Å². The molecule has 0 unspecified atom stereocenters. The number of hydrogen-bond acceptors (Lipinski definition) is 3. The Kier molecular flexibility index (Phi) is 11.8. The van der Waals surface area contributed by atoms with Gasteiger partial charge in [-0.2, -0.15) is 0 Å². The van der Waals surface area contributed by atoms with Crippen molar-refractivity contribution >= 4 is 11.2 Å². The third kappa shape index (κ3) is 6.81. The van der Waals surface area contributed by atoms with E-state index in [1.165, 1.54) is 0 Å². The zero-order chi connectivity index (χ0) is 22.7. The van der Waals surface area contributed by atoms with Gasteiger partial charge in [0.2, 0.25) is 0 Å². The Labute approximate surface area is 182 Å². The molecule has 3 aromatic heterocycles. The molecule has 10 heteroatoms. The number of aryl methyl sites for hydroxylation is 6. The van der Waals surface area contributed by atoms with Gasteiger partial charge in [0, 0.05) is 0 Å². The molecule has 0 amide bonds. The van der Waals surface area contributed by atoms with Crippen LogP contribution in [0.25, 0.3) is 0 Å². The fraction of sp³-hybridized carbons (Fsp3) is 0.316. The maximum atomic E-state index is 7.50. The second kappa shape index (κ2) is 12.9. The normalized spacial score (nSPS) is 9.21. The van der Waals surface area contributed by atoms with Crippen molar-refractivity contribution in [3.05, 3.63) is 72.2 Å². The van der Waals surface area contributed by atoms with Crippen molar-refractivity contribution in [2.45, 2.75) is 41.5 Å². The number of nitrogens with zero attached hydrogens (tertiary/aromatic N) is 6. The average Bonchev–Trinajstić information content (AvgIpc) is 3.30. The van der Waals surface area contributed by atoms with E-state index in [-0.39, 0.29) is 0 Å². The number of aromatic nitrogens is 6. The minimum atomic E-state index is -1.26. The summed E-state index contributed by atoms with van der Waals surface area (Å²) in [5, 5.41) is 14.1. The summed E-state index contributed by atoms with van der Waals surface area (Å²) in [7, 11) is -1.26. The van der Waals surface area contributed by atoms with Gasteiger partial charge in [0.05, 0.1) is 17.1 Å². The van der Waals surface area contributed by atoms with Crippen LogP contribution in [0.4, 0.5) is 0 Å². The monoisotopic (exact) mass is 477 g/mol. The molecule has 0 saturated heterocycles. The van der Waals surface area contributed by atoms with E-state index in [0.717, 1.165) is 34.2 Å². The first-order valence-corrected chi connectivity index (χ1v) is 9.59. The van der Waals surface area contributed by atoms with Crippen LogP contribution in [0.1, 0.15) is 34.2 Å². The zero-order valence-corrected chi connectivity index (χ0v) is 19.6. The Morgan fingerprint density at radius 2 is 0.966 bits per heavy atom. The Hall–Kier alpha value is -2.49. The van der Waals surface area contributed by atoms with Crippen molar-refractivity contribution in [1.29, 1.82) is 0 Å². The molecule has 0 radical (unpaired) electrons. The quantitative estimate of drug-likeness (QED) is 0.329. The number of rotatable bonds is 3. The van der Waals surface area contributed by atoms with Crippen LogP contribution in [-0.2, 0) is 28.7 Å². The fourth-order valence-corrected chi connectivity index (χ4v) is 3.26. The molecule has 29 heavy (non-hydrogen) atoms. The minimum absolute atomic E-state index is 1.01. The molecule has 0 spiro atoms. The molecule has 0 aliphatic rings. The summed E-state index contributed by atoms with van der Waals surface area (Å²) >= 11 is 1.71. The molecule has 3 heterocycles. The first kappa shape index (κ1) is 26.5. The molecule has 3 aromatic rings. The van der Waals surface area contributed by atoms with Gasteiger partial charge in [0.1, 0.15) is 0 Å². The molecule has 0 aliphatic carbocycles. The Bertz CT molecular complexity index is 893. The first-order valence-electron chi connectivity index (χ1n) is 8.59. The average molecular weight is 475 g/mol. The van der Waals surface area contributed by atoms with Gasteiger partial charge < -0.3 is 13.8 Å². The van der Waals surface area contributed by atoms with E-state index in [1.807, 2.05) is 20.8 Å². The van der Waals surface area contributed by atoms with Gasteiger partial charge in [-0.3, -0.25) is 0 Å². The van der Waals surface area contributed by atoms with Gasteiger partial charge in [-0.25, -0.2) is 15.3 Å². The second-order valence-corrected chi connectivity index (χ2v) is 7.06. The third-order valence-electron chi connectivity index (χ3n) is 4.11. The van der Waals surface area contributed by atoms with Crippen molar-refractivity contribution in [3.8, 4) is 0 Å². The summed E-state index contributed by atoms with van der Waals surface area (Å²) in [6.07, 6.45) is 0. The van der Waals surface area contributed by atoms with E-state index in [1.54, 1.807) is 19.4 Å². The molecule has 0 N–H and O–H groups in total. The van der Waals surface area contributed by atoms with E-state index in [4.69, 9.17) is 24.6 Å². The summed E-state index contributed by atoms with van der Waals surface area (Å²) in [6, 6.07) is 6.28. The van der Waals surface area contributed by atoms with Crippen LogP contribution in [0.3, 0.4) is 0 Å². The second-order valence-electron chi connectivity index (χ2n) is 6.35. The van der Waals surface area contributed by atoms with Gasteiger partial charge in [0.25, 0.3) is 0 Å². The molecular weight excluding hydrogens is 451 g/mol. The van der Waals surface area contributed by atoms with Crippen LogP contribution in [0.2, 0.25) is 0 Å². The summed E-state index contributed by atoms with van der Waals surface area (Å²) in [5.41, 5.74) is 6.40. The maximum absolute atomic E-state index is 7.50. The predicted octanol–water partition coefficient (Wildman–Crippen LogP) is 1.83. The van der Waals surface area contributed by atoms with E-state index >= 15 is 0 Å². The molecular formula is C19H24BMoN6O2-. The topological polar surface area (TPSA) is 93.3 Å².